The average molecular weight is 250 g/mol. The van der Waals surface area contributed by atoms with Crippen molar-refractivity contribution in [3.8, 4) is 11.5 Å². The van der Waals surface area contributed by atoms with Crippen molar-refractivity contribution in [2.75, 3.05) is 32.6 Å². The van der Waals surface area contributed by atoms with Crippen molar-refractivity contribution in [1.29, 1.82) is 0 Å². The Labute approximate surface area is 109 Å². The van der Waals surface area contributed by atoms with E-state index in [1.807, 2.05) is 18.2 Å². The molecule has 1 aromatic rings. The van der Waals surface area contributed by atoms with E-state index >= 15 is 0 Å². The lowest BCUT2D eigenvalue weighted by Gasteiger charge is -2.24. The molecule has 2 rings (SSSR count). The largest absolute Gasteiger partial charge is 0.497 e. The van der Waals surface area contributed by atoms with Crippen molar-refractivity contribution in [1.82, 2.24) is 5.32 Å². The molecule has 0 aliphatic carbocycles. The molecule has 0 bridgehead atoms. The number of rotatable bonds is 5. The van der Waals surface area contributed by atoms with Gasteiger partial charge in [0.1, 0.15) is 11.5 Å². The third-order valence-corrected chi connectivity index (χ3v) is 3.36. The molecule has 1 fully saturated rings. The van der Waals surface area contributed by atoms with E-state index in [1.54, 1.807) is 14.2 Å². The molecule has 1 aliphatic rings. The van der Waals surface area contributed by atoms with Gasteiger partial charge in [-0.1, -0.05) is 6.42 Å². The number of hydrogen-bond donors (Lipinski definition) is 2. The Kier molecular flexibility index (Phi) is 4.70. The normalized spacial score (nSPS) is 19.3. The van der Waals surface area contributed by atoms with Gasteiger partial charge >= 0.3 is 0 Å². The maximum atomic E-state index is 5.36. The van der Waals surface area contributed by atoms with Crippen LogP contribution < -0.4 is 20.1 Å². The third kappa shape index (κ3) is 3.29. The van der Waals surface area contributed by atoms with Crippen LogP contribution in [0.4, 0.5) is 5.69 Å². The van der Waals surface area contributed by atoms with Gasteiger partial charge in [-0.15, -0.1) is 0 Å². The standard InChI is InChI=1S/C14H22N2O2/c1-17-12-6-7-13(14(9-12)18-2)16-10-11-5-3-4-8-15-11/h6-7,9,11,15-16H,3-5,8,10H2,1-2H3. The van der Waals surface area contributed by atoms with Gasteiger partial charge in [0.25, 0.3) is 0 Å². The van der Waals surface area contributed by atoms with Crippen molar-refractivity contribution in [2.24, 2.45) is 0 Å². The van der Waals surface area contributed by atoms with E-state index in [2.05, 4.69) is 10.6 Å². The van der Waals surface area contributed by atoms with Crippen LogP contribution in [-0.4, -0.2) is 33.4 Å². The van der Waals surface area contributed by atoms with Gasteiger partial charge < -0.3 is 20.1 Å². The summed E-state index contributed by atoms with van der Waals surface area (Å²) in [5.41, 5.74) is 1.02. The van der Waals surface area contributed by atoms with Crippen LogP contribution in [0, 0.1) is 0 Å². The minimum atomic E-state index is 0.561. The van der Waals surface area contributed by atoms with E-state index in [0.29, 0.717) is 6.04 Å². The zero-order chi connectivity index (χ0) is 12.8. The summed E-state index contributed by atoms with van der Waals surface area (Å²) in [4.78, 5) is 0. The maximum absolute atomic E-state index is 5.36. The number of piperidine rings is 1. The Morgan fingerprint density at radius 1 is 1.28 bits per heavy atom. The van der Waals surface area contributed by atoms with Gasteiger partial charge in [0.05, 0.1) is 19.9 Å². The molecule has 18 heavy (non-hydrogen) atoms. The monoisotopic (exact) mass is 250 g/mol. The zero-order valence-corrected chi connectivity index (χ0v) is 11.2. The van der Waals surface area contributed by atoms with Gasteiger partial charge in [-0.25, -0.2) is 0 Å². The summed E-state index contributed by atoms with van der Waals surface area (Å²) in [6, 6.07) is 6.40. The summed E-state index contributed by atoms with van der Waals surface area (Å²) >= 11 is 0. The molecular weight excluding hydrogens is 228 g/mol. The lowest BCUT2D eigenvalue weighted by Crippen LogP contribution is -2.39. The van der Waals surface area contributed by atoms with Crippen LogP contribution in [-0.2, 0) is 0 Å². The van der Waals surface area contributed by atoms with Gasteiger partial charge in [0.2, 0.25) is 0 Å². The number of nitrogens with one attached hydrogen (secondary N) is 2. The molecule has 0 spiro atoms. The second-order valence-corrected chi connectivity index (χ2v) is 4.59. The highest BCUT2D eigenvalue weighted by Crippen LogP contribution is 2.29. The second-order valence-electron chi connectivity index (χ2n) is 4.59. The molecule has 1 unspecified atom stereocenters. The van der Waals surface area contributed by atoms with Gasteiger partial charge in [0.15, 0.2) is 0 Å². The van der Waals surface area contributed by atoms with E-state index < -0.39 is 0 Å². The van der Waals surface area contributed by atoms with E-state index in [1.165, 1.54) is 19.3 Å². The molecule has 0 aromatic heterocycles. The van der Waals surface area contributed by atoms with Gasteiger partial charge in [0, 0.05) is 18.7 Å². The predicted molar refractivity (Wildman–Crippen MR) is 73.7 cm³/mol. The van der Waals surface area contributed by atoms with Crippen LogP contribution in [0.1, 0.15) is 19.3 Å². The van der Waals surface area contributed by atoms with Gasteiger partial charge in [-0.2, -0.15) is 0 Å². The van der Waals surface area contributed by atoms with Crippen molar-refractivity contribution < 1.29 is 9.47 Å². The highest BCUT2D eigenvalue weighted by molar-refractivity contribution is 5.59. The van der Waals surface area contributed by atoms with Crippen LogP contribution in [0.15, 0.2) is 18.2 Å². The summed E-state index contributed by atoms with van der Waals surface area (Å²) in [5, 5.41) is 6.96. The first-order valence-electron chi connectivity index (χ1n) is 6.53. The summed E-state index contributed by atoms with van der Waals surface area (Å²) < 4.78 is 10.6. The predicted octanol–water partition coefficient (Wildman–Crippen LogP) is 2.26. The Balaban J connectivity index is 1.95. The van der Waals surface area contributed by atoms with Gasteiger partial charge in [-0.05, 0) is 31.5 Å². The first kappa shape index (κ1) is 13.0. The van der Waals surface area contributed by atoms with Crippen LogP contribution in [0.3, 0.4) is 0 Å². The summed E-state index contributed by atoms with van der Waals surface area (Å²) in [5.74, 6) is 1.64. The minimum Gasteiger partial charge on any atom is -0.497 e. The lowest BCUT2D eigenvalue weighted by molar-refractivity contribution is 0.394. The number of anilines is 1. The fraction of sp³-hybridized carbons (Fsp3) is 0.571. The van der Waals surface area contributed by atoms with E-state index in [4.69, 9.17) is 9.47 Å². The lowest BCUT2D eigenvalue weighted by atomic mass is 10.1. The smallest absolute Gasteiger partial charge is 0.145 e. The van der Waals surface area contributed by atoms with E-state index in [9.17, 15) is 0 Å². The first-order chi connectivity index (χ1) is 8.83. The van der Waals surface area contributed by atoms with Crippen LogP contribution in [0.25, 0.3) is 0 Å². The number of hydrogen-bond acceptors (Lipinski definition) is 4. The molecule has 4 nitrogen and oxygen atoms in total. The maximum Gasteiger partial charge on any atom is 0.145 e. The molecule has 1 atom stereocenters. The highest BCUT2D eigenvalue weighted by atomic mass is 16.5. The third-order valence-electron chi connectivity index (χ3n) is 3.36. The molecule has 0 amide bonds. The second kappa shape index (κ2) is 6.50. The van der Waals surface area contributed by atoms with Crippen molar-refractivity contribution in [2.45, 2.75) is 25.3 Å². The quantitative estimate of drug-likeness (QED) is 0.841. The summed E-state index contributed by atoms with van der Waals surface area (Å²) in [6.45, 7) is 2.06. The molecule has 0 saturated carbocycles. The molecule has 1 heterocycles. The fourth-order valence-electron chi connectivity index (χ4n) is 2.28. The molecule has 1 aromatic carbocycles. The van der Waals surface area contributed by atoms with Crippen molar-refractivity contribution >= 4 is 5.69 Å². The molecule has 100 valence electrons. The Hall–Kier alpha value is -1.42. The topological polar surface area (TPSA) is 42.5 Å². The van der Waals surface area contributed by atoms with Crippen LogP contribution >= 0.6 is 0 Å². The molecule has 2 N–H and O–H groups in total. The minimum absolute atomic E-state index is 0.561. The number of methoxy groups -OCH3 is 2. The fourth-order valence-corrected chi connectivity index (χ4v) is 2.28. The zero-order valence-electron chi connectivity index (χ0n) is 11.2. The SMILES string of the molecule is COc1ccc(NCC2CCCCN2)c(OC)c1. The van der Waals surface area contributed by atoms with Crippen molar-refractivity contribution in [3.05, 3.63) is 18.2 Å². The van der Waals surface area contributed by atoms with Crippen LogP contribution in [0.2, 0.25) is 0 Å². The molecule has 1 aliphatic heterocycles. The molecule has 4 heteroatoms. The number of benzene rings is 1. The molecule has 1 saturated heterocycles. The Morgan fingerprint density at radius 2 is 2.17 bits per heavy atom. The summed E-state index contributed by atoms with van der Waals surface area (Å²) in [7, 11) is 3.34. The Bertz CT molecular complexity index is 376. The van der Waals surface area contributed by atoms with Gasteiger partial charge in [-0.3, -0.25) is 0 Å². The molecular formula is C14H22N2O2. The van der Waals surface area contributed by atoms with E-state index in [0.717, 1.165) is 30.3 Å². The van der Waals surface area contributed by atoms with E-state index in [-0.39, 0.29) is 0 Å². The number of ether oxygens (including phenoxy) is 2. The molecule has 0 radical (unpaired) electrons. The first-order valence-corrected chi connectivity index (χ1v) is 6.53. The average Bonchev–Trinajstić information content (AvgIpc) is 2.46. The Morgan fingerprint density at radius 3 is 2.83 bits per heavy atom. The highest BCUT2D eigenvalue weighted by Gasteiger charge is 2.13. The summed E-state index contributed by atoms with van der Waals surface area (Å²) in [6.07, 6.45) is 3.85. The van der Waals surface area contributed by atoms with Crippen molar-refractivity contribution in [3.63, 3.8) is 0 Å². The van der Waals surface area contributed by atoms with Crippen LogP contribution in [0.5, 0.6) is 11.5 Å².